The van der Waals surface area contributed by atoms with E-state index in [1.807, 2.05) is 0 Å². The predicted octanol–water partition coefficient (Wildman–Crippen LogP) is 9.15. The first-order chi connectivity index (χ1) is 14.5. The molecule has 0 fully saturated rings. The molecule has 30 heavy (non-hydrogen) atoms. The van der Waals surface area contributed by atoms with Crippen LogP contribution in [0.25, 0.3) is 0 Å². The van der Waals surface area contributed by atoms with Crippen LogP contribution < -0.4 is 0 Å². The van der Waals surface area contributed by atoms with E-state index in [2.05, 4.69) is 20.8 Å². The van der Waals surface area contributed by atoms with E-state index in [1.54, 1.807) is 0 Å². The van der Waals surface area contributed by atoms with Gasteiger partial charge in [-0.3, -0.25) is 0 Å². The molecule has 0 unspecified atom stereocenters. The van der Waals surface area contributed by atoms with Crippen molar-refractivity contribution >= 4 is 7.28 Å². The molecule has 3 nitrogen and oxygen atoms in total. The monoisotopic (exact) mass is 448 g/mol. The van der Waals surface area contributed by atoms with Crippen molar-refractivity contribution in [2.45, 2.75) is 149 Å². The molecular weight excluding hydrogens is 391 g/mol. The van der Waals surface area contributed by atoms with Crippen molar-refractivity contribution in [1.29, 1.82) is 0 Å². The molecule has 0 radical (unpaired) electrons. The van der Waals surface area contributed by atoms with Crippen LogP contribution in [-0.4, -0.2) is 28.7 Å². The topological polar surface area (TPSA) is 49.7 Å². The van der Waals surface area contributed by atoms with E-state index in [1.165, 1.54) is 89.9 Å². The Morgan fingerprint density at radius 1 is 0.433 bits per heavy atom. The van der Waals surface area contributed by atoms with Crippen molar-refractivity contribution in [3.63, 3.8) is 0 Å². The van der Waals surface area contributed by atoms with Crippen LogP contribution in [0.1, 0.15) is 149 Å². The van der Waals surface area contributed by atoms with Gasteiger partial charge in [0.05, 0.1) is 0 Å². The van der Waals surface area contributed by atoms with Crippen molar-refractivity contribution in [3.8, 4) is 0 Å². The fourth-order valence-electron chi connectivity index (χ4n) is 4.17. The van der Waals surface area contributed by atoms with Crippen molar-refractivity contribution in [1.82, 2.24) is 0 Å². The molecule has 0 aromatic carbocycles. The van der Waals surface area contributed by atoms with E-state index in [9.17, 15) is 9.79 Å². The summed E-state index contributed by atoms with van der Waals surface area (Å²) in [6.45, 7) is 7.23. The van der Waals surface area contributed by atoms with Gasteiger partial charge in [-0.15, -0.1) is 0 Å². The summed E-state index contributed by atoms with van der Waals surface area (Å²) in [5.41, 5.74) is 0. The third-order valence-electron chi connectivity index (χ3n) is 6.31. The Labute approximate surface area is 189 Å². The van der Waals surface area contributed by atoms with Gasteiger partial charge in [-0.1, -0.05) is 0 Å². The zero-order chi connectivity index (χ0) is 22.4. The van der Waals surface area contributed by atoms with Crippen molar-refractivity contribution in [3.05, 3.63) is 0 Å². The fourth-order valence-corrected chi connectivity index (χ4v) is 6.92. The maximum atomic E-state index is 11.2. The molecule has 0 amide bonds. The van der Waals surface area contributed by atoms with Crippen LogP contribution in [0.4, 0.5) is 0 Å². The molecule has 2 N–H and O–H groups in total. The first kappa shape index (κ1) is 30.3. The molecule has 0 aliphatic heterocycles. The third-order valence-corrected chi connectivity index (χ3v) is 9.52. The average molecular weight is 449 g/mol. The Hall–Kier alpha value is 0.310. The molecule has 0 aliphatic carbocycles. The summed E-state index contributed by atoms with van der Waals surface area (Å²) in [4.78, 5) is 22.5. The second-order valence-electron chi connectivity index (χ2n) is 9.59. The fraction of sp³-hybridized carbons (Fsp3) is 1.00. The zero-order valence-electron chi connectivity index (χ0n) is 21.0. The summed E-state index contributed by atoms with van der Waals surface area (Å²) in [5.74, 6) is 0. The molecule has 0 heterocycles. The van der Waals surface area contributed by atoms with Crippen molar-refractivity contribution < 1.29 is 14.3 Å². The van der Waals surface area contributed by atoms with Crippen LogP contribution in [0.5, 0.6) is 0 Å². The summed E-state index contributed by atoms with van der Waals surface area (Å²) in [5, 5.41) is 0. The van der Waals surface area contributed by atoms with Gasteiger partial charge in [-0.05, 0) is 0 Å². The van der Waals surface area contributed by atoms with Gasteiger partial charge >= 0.3 is 190 Å². The molecule has 0 saturated heterocycles. The van der Waals surface area contributed by atoms with Crippen LogP contribution in [-0.2, 0) is 4.52 Å². The van der Waals surface area contributed by atoms with E-state index >= 15 is 0 Å². The summed E-state index contributed by atoms with van der Waals surface area (Å²) in [7, 11) is -3.96. The molecule has 0 aromatic heterocycles. The summed E-state index contributed by atoms with van der Waals surface area (Å²) < 4.78 is 5.96. The molecule has 4 heteroatoms. The van der Waals surface area contributed by atoms with Gasteiger partial charge in [0.2, 0.25) is 0 Å². The Morgan fingerprint density at radius 3 is 1.10 bits per heavy atom. The molecule has 0 aromatic rings. The van der Waals surface area contributed by atoms with Gasteiger partial charge in [0.1, 0.15) is 0 Å². The molecule has 0 bridgehead atoms. The van der Waals surface area contributed by atoms with E-state index in [-0.39, 0.29) is 0 Å². The van der Waals surface area contributed by atoms with Gasteiger partial charge < -0.3 is 0 Å². The Bertz CT molecular complexity index is 340. The van der Waals surface area contributed by atoms with Gasteiger partial charge in [-0.25, -0.2) is 0 Å². The van der Waals surface area contributed by atoms with E-state index in [0.717, 1.165) is 38.5 Å². The van der Waals surface area contributed by atoms with Gasteiger partial charge in [0, 0.05) is 0 Å². The van der Waals surface area contributed by atoms with E-state index in [0.29, 0.717) is 18.9 Å². The van der Waals surface area contributed by atoms with Crippen LogP contribution in [0.15, 0.2) is 0 Å². The summed E-state index contributed by atoms with van der Waals surface area (Å²) in [6, 6.07) is 0. The van der Waals surface area contributed by atoms with E-state index in [4.69, 9.17) is 4.52 Å². The maximum absolute atomic E-state index is 11.2. The number of unbranched alkanes of at least 4 members (excludes halogenated alkanes) is 17. The Balaban J connectivity index is 4.23. The van der Waals surface area contributed by atoms with Crippen LogP contribution >= 0.6 is 7.28 Å². The SMILES string of the molecule is CCCCCCCCCCOP(O)(O)(CCCCCCCC)CCCCCCCC. The van der Waals surface area contributed by atoms with E-state index < -0.39 is 7.28 Å². The number of hydrogen-bond acceptors (Lipinski definition) is 3. The molecule has 184 valence electrons. The second kappa shape index (κ2) is 20.0. The van der Waals surface area contributed by atoms with Gasteiger partial charge in [0.15, 0.2) is 0 Å². The molecule has 0 saturated carbocycles. The van der Waals surface area contributed by atoms with Crippen molar-refractivity contribution in [2.24, 2.45) is 0 Å². The van der Waals surface area contributed by atoms with Crippen LogP contribution in [0.2, 0.25) is 0 Å². The van der Waals surface area contributed by atoms with Crippen LogP contribution in [0, 0.1) is 0 Å². The molecular formula is C26H57O3P. The Morgan fingerprint density at radius 2 is 0.733 bits per heavy atom. The average Bonchev–Trinajstić information content (AvgIpc) is 2.72. The number of hydrogen-bond donors (Lipinski definition) is 2. The second-order valence-corrected chi connectivity index (χ2v) is 13.3. The molecule has 0 spiro atoms. The zero-order valence-corrected chi connectivity index (χ0v) is 21.9. The van der Waals surface area contributed by atoms with Gasteiger partial charge in [-0.2, -0.15) is 0 Å². The van der Waals surface area contributed by atoms with Crippen molar-refractivity contribution in [2.75, 3.05) is 18.9 Å². The summed E-state index contributed by atoms with van der Waals surface area (Å²) >= 11 is 0. The minimum atomic E-state index is -3.96. The molecule has 0 rings (SSSR count). The first-order valence-electron chi connectivity index (χ1n) is 13.6. The number of rotatable bonds is 24. The predicted molar refractivity (Wildman–Crippen MR) is 136 cm³/mol. The quantitative estimate of drug-likeness (QED) is 0.114. The first-order valence-corrected chi connectivity index (χ1v) is 16.1. The Kier molecular flexibility index (Phi) is 20.2. The minimum absolute atomic E-state index is 0.476. The summed E-state index contributed by atoms with van der Waals surface area (Å²) in [6.07, 6.45) is 24.9. The third kappa shape index (κ3) is 19.0. The molecule has 0 aliphatic rings. The normalized spacial score (nSPS) is 13.4. The molecule has 0 atom stereocenters. The van der Waals surface area contributed by atoms with Gasteiger partial charge in [0.25, 0.3) is 0 Å². The van der Waals surface area contributed by atoms with Crippen LogP contribution in [0.3, 0.4) is 0 Å². The standard InChI is InChI=1S/C26H57O3P/c1-4-7-10-13-16-17-18-21-24-29-30(27,28,25-22-19-14-11-8-5-2)26-23-20-15-12-9-6-3/h27-28H,4-26H2,1-3H3.